The van der Waals surface area contributed by atoms with Crippen molar-refractivity contribution in [2.75, 3.05) is 26.4 Å². The Morgan fingerprint density at radius 2 is 1.10 bits per heavy atom. The molecule has 0 aromatic rings. The molecule has 0 spiro atoms. The summed E-state index contributed by atoms with van der Waals surface area (Å²) in [5.41, 5.74) is 0. The first-order chi connectivity index (χ1) is 30.1. The molecule has 0 aliphatic carbocycles. The smallest absolute Gasteiger partial charge is 0.397 e. The number of hydrogen-bond donors (Lipinski definition) is 4. The molecule has 0 amide bonds. The maximum atomic E-state index is 12.8. The van der Waals surface area contributed by atoms with Crippen LogP contribution in [0.1, 0.15) is 181 Å². The topological polar surface area (TPSA) is 178 Å². The summed E-state index contributed by atoms with van der Waals surface area (Å²) in [7, 11) is -5.07. The van der Waals surface area contributed by atoms with Crippen molar-refractivity contribution in [2.45, 2.75) is 218 Å². The first-order valence-corrected chi connectivity index (χ1v) is 25.4. The highest BCUT2D eigenvalue weighted by atomic mass is 32.3. The van der Waals surface area contributed by atoms with Crippen molar-refractivity contribution < 1.29 is 56.2 Å². The largest absolute Gasteiger partial charge is 0.457 e. The molecular weight excluding hydrogens is 813 g/mol. The van der Waals surface area contributed by atoms with Crippen LogP contribution < -0.4 is 0 Å². The van der Waals surface area contributed by atoms with Crippen LogP contribution >= 0.6 is 0 Å². The van der Waals surface area contributed by atoms with Gasteiger partial charge in [-0.2, -0.15) is 8.42 Å². The van der Waals surface area contributed by atoms with Gasteiger partial charge >= 0.3 is 16.4 Å². The van der Waals surface area contributed by atoms with E-state index in [0.717, 1.165) is 89.9 Å². The van der Waals surface area contributed by atoms with Gasteiger partial charge in [0.15, 0.2) is 6.29 Å². The molecule has 6 unspecified atom stereocenters. The van der Waals surface area contributed by atoms with Crippen LogP contribution in [0, 0.1) is 0 Å². The number of unbranched alkanes of at least 4 members (excludes halogenated alkanes) is 18. The second-order valence-corrected chi connectivity index (χ2v) is 17.4. The van der Waals surface area contributed by atoms with E-state index >= 15 is 0 Å². The van der Waals surface area contributed by atoms with Crippen LogP contribution in [0.15, 0.2) is 60.8 Å². The lowest BCUT2D eigenvalue weighted by Gasteiger charge is -2.41. The van der Waals surface area contributed by atoms with Gasteiger partial charge in [0.25, 0.3) is 0 Å². The fourth-order valence-corrected chi connectivity index (χ4v) is 7.46. The molecule has 0 aromatic heterocycles. The van der Waals surface area contributed by atoms with Crippen LogP contribution in [0.3, 0.4) is 0 Å². The van der Waals surface area contributed by atoms with E-state index in [4.69, 9.17) is 23.5 Å². The Morgan fingerprint density at radius 1 is 0.613 bits per heavy atom. The molecule has 1 rings (SSSR count). The van der Waals surface area contributed by atoms with Crippen molar-refractivity contribution in [1.29, 1.82) is 0 Å². The number of allylic oxidation sites excluding steroid dienone is 10. The molecule has 62 heavy (non-hydrogen) atoms. The summed E-state index contributed by atoms with van der Waals surface area (Å²) in [4.78, 5) is 12.8. The van der Waals surface area contributed by atoms with Crippen molar-refractivity contribution >= 4 is 16.4 Å². The van der Waals surface area contributed by atoms with Gasteiger partial charge in [-0.05, 0) is 77.0 Å². The van der Waals surface area contributed by atoms with Gasteiger partial charge in [0.1, 0.15) is 30.5 Å². The molecule has 1 aliphatic heterocycles. The summed E-state index contributed by atoms with van der Waals surface area (Å²) in [5.74, 6) is -0.419. The molecule has 1 aliphatic rings. The molecule has 0 saturated carbocycles. The van der Waals surface area contributed by atoms with Gasteiger partial charge < -0.3 is 34.3 Å². The Morgan fingerprint density at radius 3 is 1.61 bits per heavy atom. The lowest BCUT2D eigenvalue weighted by molar-refractivity contribution is -0.301. The molecule has 12 nitrogen and oxygen atoms in total. The van der Waals surface area contributed by atoms with E-state index in [1.54, 1.807) is 0 Å². The van der Waals surface area contributed by atoms with Crippen molar-refractivity contribution in [2.24, 2.45) is 0 Å². The summed E-state index contributed by atoms with van der Waals surface area (Å²) in [6.07, 6.45) is 41.1. The normalized spacial score (nSPS) is 20.5. The summed E-state index contributed by atoms with van der Waals surface area (Å²) >= 11 is 0. The molecule has 0 radical (unpaired) electrons. The van der Waals surface area contributed by atoms with Gasteiger partial charge in [-0.15, -0.1) is 0 Å². The van der Waals surface area contributed by atoms with Crippen LogP contribution in [0.5, 0.6) is 0 Å². The predicted molar refractivity (Wildman–Crippen MR) is 248 cm³/mol. The van der Waals surface area contributed by atoms with E-state index < -0.39 is 59.8 Å². The summed E-state index contributed by atoms with van der Waals surface area (Å²) in [5, 5.41) is 30.7. The van der Waals surface area contributed by atoms with Crippen LogP contribution in [0.2, 0.25) is 0 Å². The molecule has 360 valence electrons. The summed E-state index contributed by atoms with van der Waals surface area (Å²) < 4.78 is 59.1. The van der Waals surface area contributed by atoms with E-state index in [1.165, 1.54) is 64.2 Å². The molecule has 0 aromatic carbocycles. The molecule has 4 N–H and O–H groups in total. The molecule has 1 saturated heterocycles. The van der Waals surface area contributed by atoms with Gasteiger partial charge in [0.05, 0.1) is 19.8 Å². The van der Waals surface area contributed by atoms with E-state index in [0.29, 0.717) is 13.0 Å². The Kier molecular flexibility index (Phi) is 37.6. The average molecular weight is 899 g/mol. The van der Waals surface area contributed by atoms with E-state index in [-0.39, 0.29) is 19.6 Å². The van der Waals surface area contributed by atoms with Crippen molar-refractivity contribution in [3.8, 4) is 0 Å². The highest BCUT2D eigenvalue weighted by Gasteiger charge is 2.48. The standard InChI is InChI=1S/C49H86O12S/c1-3-5-7-9-11-13-15-17-18-19-20-21-22-23-24-25-27-29-31-33-35-37-39-57-41-43(42-58-49-47(53)48(61-62(54,55)56)46(52)44(40-50)60-49)59-45(51)38-36-34-32-30-28-26-16-14-12-10-8-6-4-2/h8,10,14-17,19-20,22-23,43-44,46-50,52-53H,3-7,9,11-13,18,21,24-42H2,1-2H3,(H,54,55,56)/b10-8-,16-14-,17-15-,20-19-,23-22-. The number of carbonyl (C=O) groups excluding carboxylic acids is 1. The summed E-state index contributed by atoms with van der Waals surface area (Å²) in [6.45, 7) is 3.86. The number of ether oxygens (including phenoxy) is 4. The lowest BCUT2D eigenvalue weighted by Crippen LogP contribution is -2.60. The van der Waals surface area contributed by atoms with Gasteiger partial charge in [0.2, 0.25) is 0 Å². The Bertz CT molecular complexity index is 1310. The van der Waals surface area contributed by atoms with Crippen LogP contribution in [0.25, 0.3) is 0 Å². The zero-order valence-electron chi connectivity index (χ0n) is 38.4. The fourth-order valence-electron chi connectivity index (χ4n) is 6.95. The van der Waals surface area contributed by atoms with Gasteiger partial charge in [-0.3, -0.25) is 9.35 Å². The van der Waals surface area contributed by atoms with Crippen LogP contribution in [-0.2, 0) is 38.3 Å². The first kappa shape index (κ1) is 57.8. The molecule has 1 fully saturated rings. The van der Waals surface area contributed by atoms with Crippen LogP contribution in [-0.4, -0.2) is 97.5 Å². The Labute approximate surface area is 376 Å². The van der Waals surface area contributed by atoms with Crippen molar-refractivity contribution in [3.63, 3.8) is 0 Å². The molecule has 0 bridgehead atoms. The zero-order chi connectivity index (χ0) is 45.4. The third kappa shape index (κ3) is 33.3. The van der Waals surface area contributed by atoms with Gasteiger partial charge in [-0.1, -0.05) is 158 Å². The number of carbonyl (C=O) groups is 1. The molecule has 13 heteroatoms. The SMILES string of the molecule is CCC/C=C\C/C=C\CCCCCCCC(=O)OC(COCCCCCCCCC/C=C\C/C=C\C/C=C\CCCCCCC)COC1OC(CO)C(O)C(OS(=O)(=O)O)C1O. The number of hydrogen-bond acceptors (Lipinski definition) is 11. The Hall–Kier alpha value is -2.20. The number of rotatable bonds is 41. The number of esters is 1. The minimum Gasteiger partial charge on any atom is -0.457 e. The zero-order valence-corrected chi connectivity index (χ0v) is 39.2. The second-order valence-electron chi connectivity index (χ2n) is 16.3. The maximum absolute atomic E-state index is 12.8. The van der Waals surface area contributed by atoms with Gasteiger partial charge in [0, 0.05) is 13.0 Å². The highest BCUT2D eigenvalue weighted by Crippen LogP contribution is 2.26. The second kappa shape index (κ2) is 40.3. The van der Waals surface area contributed by atoms with Gasteiger partial charge in [-0.25, -0.2) is 4.18 Å². The highest BCUT2D eigenvalue weighted by molar-refractivity contribution is 7.80. The number of aliphatic hydroxyl groups excluding tert-OH is 3. The first-order valence-electron chi connectivity index (χ1n) is 24.0. The molecule has 6 atom stereocenters. The van der Waals surface area contributed by atoms with E-state index in [2.05, 4.69) is 78.8 Å². The van der Waals surface area contributed by atoms with Crippen molar-refractivity contribution in [3.05, 3.63) is 60.8 Å². The minimum absolute atomic E-state index is 0.0209. The minimum atomic E-state index is -5.07. The monoisotopic (exact) mass is 899 g/mol. The third-order valence-corrected chi connectivity index (χ3v) is 11.1. The maximum Gasteiger partial charge on any atom is 0.397 e. The predicted octanol–water partition coefficient (Wildman–Crippen LogP) is 10.5. The average Bonchev–Trinajstić information content (AvgIpc) is 3.24. The number of aliphatic hydroxyl groups is 3. The van der Waals surface area contributed by atoms with Crippen molar-refractivity contribution in [1.82, 2.24) is 0 Å². The molecular formula is C49H86O12S. The third-order valence-electron chi connectivity index (χ3n) is 10.6. The van der Waals surface area contributed by atoms with Crippen LogP contribution in [0.4, 0.5) is 0 Å². The summed E-state index contributed by atoms with van der Waals surface area (Å²) in [6, 6.07) is 0. The van der Waals surface area contributed by atoms with E-state index in [9.17, 15) is 28.5 Å². The van der Waals surface area contributed by atoms with E-state index in [1.807, 2.05) is 0 Å². The Balaban J connectivity index is 2.39. The quantitative estimate of drug-likeness (QED) is 0.0198. The lowest BCUT2D eigenvalue weighted by atomic mass is 9.99. The molecule has 1 heterocycles. The fraction of sp³-hybridized carbons (Fsp3) is 0.776.